The van der Waals surface area contributed by atoms with E-state index in [-0.39, 0.29) is 29.8 Å². The number of carbonyl (C=O) groups excluding carboxylic acids is 5. The summed E-state index contributed by atoms with van der Waals surface area (Å²) in [5, 5.41) is 0. The molecule has 0 rings (SSSR count). The molecule has 0 spiro atoms. The van der Waals surface area contributed by atoms with Crippen molar-refractivity contribution in [1.29, 1.82) is 0 Å². The Bertz CT molecular complexity index is 1850. The fourth-order valence-electron chi connectivity index (χ4n) is 11.7. The van der Waals surface area contributed by atoms with Gasteiger partial charge in [-0.05, 0) is 122 Å². The molecule has 606 valence electrons. The van der Waals surface area contributed by atoms with Crippen molar-refractivity contribution >= 4 is 29.8 Å². The van der Waals surface area contributed by atoms with Crippen LogP contribution in [0.5, 0.6) is 0 Å². The molecule has 0 aliphatic heterocycles. The third-order valence-electron chi connectivity index (χ3n) is 18.6. The van der Waals surface area contributed by atoms with Crippen molar-refractivity contribution in [3.05, 3.63) is 72.9 Å². The number of unbranched alkanes of at least 4 members (excludes halogenated alkanes) is 50. The van der Waals surface area contributed by atoms with Crippen molar-refractivity contribution in [3.63, 3.8) is 0 Å². The van der Waals surface area contributed by atoms with Gasteiger partial charge in [-0.15, -0.1) is 0 Å². The zero-order valence-electron chi connectivity index (χ0n) is 70.2. The number of hydrogen-bond donors (Lipinski definition) is 0. The van der Waals surface area contributed by atoms with Crippen LogP contribution in [0.25, 0.3) is 0 Å². The second kappa shape index (κ2) is 104. The third kappa shape index (κ3) is 114. The van der Waals surface area contributed by atoms with Gasteiger partial charge in [0.2, 0.25) is 0 Å². The lowest BCUT2D eigenvalue weighted by Gasteiger charge is -2.03. The zero-order chi connectivity index (χ0) is 76.6. The topological polar surface area (TPSA) is 132 Å². The highest BCUT2D eigenvalue weighted by Crippen LogP contribution is 2.17. The number of esters is 5. The molecule has 0 bridgehead atoms. The normalized spacial score (nSPS) is 11.2. The van der Waals surface area contributed by atoms with Gasteiger partial charge in [-0.1, -0.05) is 377 Å². The van der Waals surface area contributed by atoms with Crippen LogP contribution in [0.2, 0.25) is 0 Å². The van der Waals surface area contributed by atoms with Gasteiger partial charge in [0.25, 0.3) is 0 Å². The SMILES string of the molecule is CC/C=C\C/C=C\C/C=C\CCCCCCCC(=O)OC.CCCCC/C=C\C/C=C\CCCCCCCC(=O)OC.CCCCCCCC/C=C\CCCCCCCC(=O)OC.CCCCCCCCCCCCCCCC(=O)OC.CCCCCCCCCCCCCCCCCC(=O)OC. The van der Waals surface area contributed by atoms with Crippen molar-refractivity contribution in [2.45, 2.75) is 458 Å². The van der Waals surface area contributed by atoms with Gasteiger partial charge in [0.15, 0.2) is 0 Å². The molecule has 0 aliphatic carbocycles. The predicted octanol–water partition coefficient (Wildman–Crippen LogP) is 30.0. The lowest BCUT2D eigenvalue weighted by Crippen LogP contribution is -1.99. The molecule has 103 heavy (non-hydrogen) atoms. The number of carbonyl (C=O) groups is 5. The largest absolute Gasteiger partial charge is 0.469 e. The zero-order valence-corrected chi connectivity index (χ0v) is 70.2. The molecule has 0 amide bonds. The summed E-state index contributed by atoms with van der Waals surface area (Å²) in [6.07, 6.45) is 108. The molecule has 0 aromatic rings. The summed E-state index contributed by atoms with van der Waals surface area (Å²) in [7, 11) is 7.29. The molecule has 0 heterocycles. The van der Waals surface area contributed by atoms with Crippen molar-refractivity contribution in [3.8, 4) is 0 Å². The molecular formula is C93H174O10. The first-order valence-electron chi connectivity index (χ1n) is 43.8. The van der Waals surface area contributed by atoms with Crippen LogP contribution in [0.3, 0.4) is 0 Å². The van der Waals surface area contributed by atoms with E-state index >= 15 is 0 Å². The smallest absolute Gasteiger partial charge is 0.305 e. The number of ether oxygens (including phenoxy) is 5. The van der Waals surface area contributed by atoms with Gasteiger partial charge in [-0.2, -0.15) is 0 Å². The second-order valence-corrected chi connectivity index (χ2v) is 28.5. The molecule has 0 radical (unpaired) electrons. The van der Waals surface area contributed by atoms with Crippen LogP contribution < -0.4 is 0 Å². The molecule has 0 saturated carbocycles. The summed E-state index contributed by atoms with van der Waals surface area (Å²) in [6.45, 7) is 11.2. The van der Waals surface area contributed by atoms with E-state index in [1.54, 1.807) is 0 Å². The van der Waals surface area contributed by atoms with Crippen LogP contribution in [0.1, 0.15) is 458 Å². The summed E-state index contributed by atoms with van der Waals surface area (Å²) >= 11 is 0. The molecule has 0 unspecified atom stereocenters. The Morgan fingerprint density at radius 2 is 0.311 bits per heavy atom. The Morgan fingerprint density at radius 1 is 0.175 bits per heavy atom. The van der Waals surface area contributed by atoms with Gasteiger partial charge in [0.05, 0.1) is 35.5 Å². The standard InChI is InChI=1S/C19H38O2.C19H36O2.C19H34O2.C19H32O2.C17H34O2/c4*1-3-4-5-6-7-8-9-10-11-12-13-14-15-16-17-18-19(20)21-2;1-3-4-5-6-7-8-9-10-11-12-13-14-15-16-17(18)19-2/h3-18H2,1-2H3;10-11H,3-9,12-18H2,1-2H3;7-8,10-11H,3-6,9,12-18H2,1-2H3;4-5,7-8,10-11H,3,6,9,12-18H2,1-2H3;3-16H2,1-2H3/b;11-10-;8-7-,11-10-;5-4-,8-7-,11-10-;. The Kier molecular flexibility index (Phi) is 109. The Morgan fingerprint density at radius 3 is 0.495 bits per heavy atom. The van der Waals surface area contributed by atoms with Crippen LogP contribution in [0.4, 0.5) is 0 Å². The average molecular weight is 1450 g/mol. The fraction of sp³-hybridized carbons (Fsp3) is 0.817. The summed E-state index contributed by atoms with van der Waals surface area (Å²) in [6, 6.07) is 0. The average Bonchev–Trinajstić information content (AvgIpc) is 3.86. The minimum atomic E-state index is -0.0869. The number of methoxy groups -OCH3 is 5. The Labute approximate surface area is 641 Å². The van der Waals surface area contributed by atoms with Crippen LogP contribution in [-0.2, 0) is 47.7 Å². The van der Waals surface area contributed by atoms with Crippen LogP contribution >= 0.6 is 0 Å². The van der Waals surface area contributed by atoms with Gasteiger partial charge >= 0.3 is 29.8 Å². The lowest BCUT2D eigenvalue weighted by atomic mass is 10.0. The second-order valence-electron chi connectivity index (χ2n) is 28.5. The quantitative estimate of drug-likeness (QED) is 0.0251. The molecule has 0 saturated heterocycles. The Hall–Kier alpha value is -4.21. The van der Waals surface area contributed by atoms with Crippen LogP contribution in [0, 0.1) is 0 Å². The van der Waals surface area contributed by atoms with Crippen LogP contribution in [-0.4, -0.2) is 65.4 Å². The number of hydrogen-bond acceptors (Lipinski definition) is 10. The van der Waals surface area contributed by atoms with E-state index in [1.807, 2.05) is 0 Å². The molecule has 0 aromatic carbocycles. The monoisotopic (exact) mass is 1450 g/mol. The van der Waals surface area contributed by atoms with Crippen molar-refractivity contribution in [2.75, 3.05) is 35.5 Å². The lowest BCUT2D eigenvalue weighted by molar-refractivity contribution is -0.141. The van der Waals surface area contributed by atoms with Crippen molar-refractivity contribution in [2.24, 2.45) is 0 Å². The van der Waals surface area contributed by atoms with E-state index < -0.39 is 0 Å². The summed E-state index contributed by atoms with van der Waals surface area (Å²) < 4.78 is 23.1. The van der Waals surface area contributed by atoms with E-state index in [9.17, 15) is 24.0 Å². The first kappa shape index (κ1) is 107. The maximum absolute atomic E-state index is 10.9. The fourth-order valence-corrected chi connectivity index (χ4v) is 11.7. The van der Waals surface area contributed by atoms with Gasteiger partial charge in [0.1, 0.15) is 0 Å². The molecule has 0 N–H and O–H groups in total. The van der Waals surface area contributed by atoms with E-state index in [4.69, 9.17) is 0 Å². The Balaban J connectivity index is -0.000000389. The molecule has 0 atom stereocenters. The minimum absolute atomic E-state index is 0.0651. The summed E-state index contributed by atoms with van der Waals surface area (Å²) in [5.41, 5.74) is 0. The van der Waals surface area contributed by atoms with Crippen molar-refractivity contribution < 1.29 is 47.7 Å². The first-order chi connectivity index (χ1) is 50.5. The van der Waals surface area contributed by atoms with Crippen molar-refractivity contribution in [1.82, 2.24) is 0 Å². The highest BCUT2D eigenvalue weighted by Gasteiger charge is 2.04. The van der Waals surface area contributed by atoms with Gasteiger partial charge < -0.3 is 23.7 Å². The summed E-state index contributed by atoms with van der Waals surface area (Å²) in [4.78, 5) is 54.5. The van der Waals surface area contributed by atoms with Gasteiger partial charge in [-0.3, -0.25) is 24.0 Å². The predicted molar refractivity (Wildman–Crippen MR) is 448 cm³/mol. The van der Waals surface area contributed by atoms with Crippen LogP contribution in [0.15, 0.2) is 72.9 Å². The van der Waals surface area contributed by atoms with E-state index in [1.165, 1.54) is 350 Å². The molecule has 10 nitrogen and oxygen atoms in total. The molecule has 10 heteroatoms. The minimum Gasteiger partial charge on any atom is -0.469 e. The van der Waals surface area contributed by atoms with Gasteiger partial charge in [-0.25, -0.2) is 0 Å². The van der Waals surface area contributed by atoms with E-state index in [0.29, 0.717) is 32.1 Å². The summed E-state index contributed by atoms with van der Waals surface area (Å²) in [5.74, 6) is -0.378. The van der Waals surface area contributed by atoms with Gasteiger partial charge in [0, 0.05) is 32.1 Å². The molecule has 0 aliphatic rings. The molecule has 0 aromatic heterocycles. The van der Waals surface area contributed by atoms with E-state index in [2.05, 4.69) is 131 Å². The number of allylic oxidation sites excluding steroid dienone is 12. The third-order valence-corrected chi connectivity index (χ3v) is 18.6. The maximum Gasteiger partial charge on any atom is 0.305 e. The first-order valence-corrected chi connectivity index (χ1v) is 43.8. The highest BCUT2D eigenvalue weighted by atomic mass is 16.5. The number of rotatable bonds is 72. The molecule has 0 fully saturated rings. The highest BCUT2D eigenvalue weighted by molar-refractivity contribution is 5.70. The maximum atomic E-state index is 10.9. The van der Waals surface area contributed by atoms with E-state index in [0.717, 1.165) is 77.0 Å². The molecular weight excluding hydrogens is 1280 g/mol.